The van der Waals surface area contributed by atoms with Crippen LogP contribution < -0.4 is 15.5 Å². The van der Waals surface area contributed by atoms with Crippen molar-refractivity contribution in [1.29, 1.82) is 0 Å². The van der Waals surface area contributed by atoms with E-state index in [1.54, 1.807) is 18.2 Å². The van der Waals surface area contributed by atoms with Gasteiger partial charge >= 0.3 is 0 Å². The molecule has 2 aromatic rings. The highest BCUT2D eigenvalue weighted by Crippen LogP contribution is 2.21. The van der Waals surface area contributed by atoms with Crippen LogP contribution in [0.4, 0.5) is 11.4 Å². The van der Waals surface area contributed by atoms with Crippen molar-refractivity contribution in [2.45, 2.75) is 13.8 Å². The van der Waals surface area contributed by atoms with Crippen molar-refractivity contribution in [1.82, 2.24) is 5.32 Å². The first-order chi connectivity index (χ1) is 12.4. The Labute approximate surface area is 159 Å². The molecule has 138 valence electrons. The summed E-state index contributed by atoms with van der Waals surface area (Å²) in [7, 11) is 1.85. The first-order valence-electron chi connectivity index (χ1n) is 8.50. The van der Waals surface area contributed by atoms with Crippen LogP contribution in [0.5, 0.6) is 0 Å². The number of halogens is 1. The fraction of sp³-hybridized carbons (Fsp3) is 0.300. The maximum Gasteiger partial charge on any atom is 0.252 e. The van der Waals surface area contributed by atoms with Gasteiger partial charge in [-0.3, -0.25) is 9.59 Å². The number of rotatable bonds is 7. The van der Waals surface area contributed by atoms with Crippen LogP contribution in [0.25, 0.3) is 0 Å². The van der Waals surface area contributed by atoms with E-state index in [2.05, 4.69) is 10.6 Å². The third-order valence-electron chi connectivity index (χ3n) is 3.75. The monoisotopic (exact) mass is 373 g/mol. The Morgan fingerprint density at radius 3 is 2.42 bits per heavy atom. The third-order valence-corrected chi connectivity index (χ3v) is 4.06. The van der Waals surface area contributed by atoms with E-state index in [0.717, 1.165) is 5.69 Å². The molecule has 0 heterocycles. The SMILES string of the molecule is CC(C)CNC(=O)c1ccc(NC(=O)CN(C)c2ccccc2)cc1Cl. The Morgan fingerprint density at radius 2 is 1.81 bits per heavy atom. The molecule has 0 bridgehead atoms. The first kappa shape index (κ1) is 19.8. The Balaban J connectivity index is 1.96. The van der Waals surface area contributed by atoms with Gasteiger partial charge in [-0.25, -0.2) is 0 Å². The molecular weight excluding hydrogens is 350 g/mol. The second kappa shape index (κ2) is 9.25. The van der Waals surface area contributed by atoms with Crippen LogP contribution in [0.1, 0.15) is 24.2 Å². The third kappa shape index (κ3) is 5.77. The highest BCUT2D eigenvalue weighted by molar-refractivity contribution is 6.34. The molecule has 5 nitrogen and oxygen atoms in total. The maximum atomic E-state index is 12.2. The van der Waals surface area contributed by atoms with Gasteiger partial charge < -0.3 is 15.5 Å². The fourth-order valence-corrected chi connectivity index (χ4v) is 2.63. The maximum absolute atomic E-state index is 12.2. The predicted octanol–water partition coefficient (Wildman–Crippen LogP) is 3.80. The molecule has 0 atom stereocenters. The topological polar surface area (TPSA) is 61.4 Å². The average molecular weight is 374 g/mol. The van der Waals surface area contributed by atoms with Crippen molar-refractivity contribution in [3.8, 4) is 0 Å². The molecule has 0 radical (unpaired) electrons. The fourth-order valence-electron chi connectivity index (χ4n) is 2.36. The van der Waals surface area contributed by atoms with Crippen LogP contribution >= 0.6 is 11.6 Å². The molecule has 0 saturated heterocycles. The van der Waals surface area contributed by atoms with Crippen molar-refractivity contribution in [3.05, 3.63) is 59.1 Å². The van der Waals surface area contributed by atoms with Crippen LogP contribution in [-0.4, -0.2) is 32.0 Å². The highest BCUT2D eigenvalue weighted by Gasteiger charge is 2.13. The molecule has 6 heteroatoms. The second-order valence-electron chi connectivity index (χ2n) is 6.54. The van der Waals surface area contributed by atoms with Gasteiger partial charge in [-0.2, -0.15) is 0 Å². The normalized spacial score (nSPS) is 10.5. The van der Waals surface area contributed by atoms with Crippen LogP contribution in [0.2, 0.25) is 5.02 Å². The molecule has 2 aromatic carbocycles. The molecule has 2 N–H and O–H groups in total. The minimum atomic E-state index is -0.217. The Morgan fingerprint density at radius 1 is 1.12 bits per heavy atom. The van der Waals surface area contributed by atoms with E-state index >= 15 is 0 Å². The molecule has 0 aromatic heterocycles. The number of benzene rings is 2. The summed E-state index contributed by atoms with van der Waals surface area (Å²) in [5.74, 6) is -0.0206. The number of amides is 2. The average Bonchev–Trinajstić information content (AvgIpc) is 2.60. The zero-order chi connectivity index (χ0) is 19.1. The minimum Gasteiger partial charge on any atom is -0.365 e. The van der Waals surface area contributed by atoms with Crippen molar-refractivity contribution in [2.24, 2.45) is 5.92 Å². The van der Waals surface area contributed by atoms with Gasteiger partial charge in [0.05, 0.1) is 17.1 Å². The van der Waals surface area contributed by atoms with Gasteiger partial charge in [0.1, 0.15) is 0 Å². The van der Waals surface area contributed by atoms with E-state index in [1.165, 1.54) is 0 Å². The summed E-state index contributed by atoms with van der Waals surface area (Å²) >= 11 is 6.20. The molecule has 2 rings (SSSR count). The molecule has 0 fully saturated rings. The first-order valence-corrected chi connectivity index (χ1v) is 8.88. The predicted molar refractivity (Wildman–Crippen MR) is 107 cm³/mol. The van der Waals surface area contributed by atoms with Gasteiger partial charge in [0.15, 0.2) is 0 Å². The molecule has 0 unspecified atom stereocenters. The minimum absolute atomic E-state index is 0.163. The largest absolute Gasteiger partial charge is 0.365 e. The van der Waals surface area contributed by atoms with Crippen molar-refractivity contribution in [3.63, 3.8) is 0 Å². The molecule has 2 amide bonds. The van der Waals surface area contributed by atoms with Crippen LogP contribution in [0.3, 0.4) is 0 Å². The summed E-state index contributed by atoms with van der Waals surface area (Å²) < 4.78 is 0. The van der Waals surface area contributed by atoms with E-state index in [0.29, 0.717) is 28.7 Å². The zero-order valence-corrected chi connectivity index (χ0v) is 16.0. The van der Waals surface area contributed by atoms with Crippen molar-refractivity contribution < 1.29 is 9.59 Å². The van der Waals surface area contributed by atoms with Gasteiger partial charge in [-0.15, -0.1) is 0 Å². The number of hydrogen-bond donors (Lipinski definition) is 2. The van der Waals surface area contributed by atoms with E-state index in [-0.39, 0.29) is 18.4 Å². The van der Waals surface area contributed by atoms with Crippen LogP contribution in [-0.2, 0) is 4.79 Å². The number of nitrogens with one attached hydrogen (secondary N) is 2. The molecule has 0 aliphatic rings. The van der Waals surface area contributed by atoms with Gasteiger partial charge in [-0.05, 0) is 36.2 Å². The van der Waals surface area contributed by atoms with E-state index in [4.69, 9.17) is 11.6 Å². The lowest BCUT2D eigenvalue weighted by molar-refractivity contribution is -0.114. The number of nitrogens with zero attached hydrogens (tertiary/aromatic N) is 1. The number of carbonyl (C=O) groups excluding carboxylic acids is 2. The smallest absolute Gasteiger partial charge is 0.252 e. The number of anilines is 2. The summed E-state index contributed by atoms with van der Waals surface area (Å²) in [4.78, 5) is 26.2. The highest BCUT2D eigenvalue weighted by atomic mass is 35.5. The summed E-state index contributed by atoms with van der Waals surface area (Å²) in [5.41, 5.74) is 1.91. The summed E-state index contributed by atoms with van der Waals surface area (Å²) in [6, 6.07) is 14.5. The number of para-hydroxylation sites is 1. The molecular formula is C20H24ClN3O2. The Hall–Kier alpha value is -2.53. The van der Waals surface area contributed by atoms with Crippen molar-refractivity contribution >= 4 is 34.8 Å². The number of likely N-dealkylation sites (N-methyl/N-ethyl adjacent to an activating group) is 1. The molecule has 0 aliphatic heterocycles. The van der Waals surface area contributed by atoms with Gasteiger partial charge in [0.25, 0.3) is 5.91 Å². The zero-order valence-electron chi connectivity index (χ0n) is 15.3. The van der Waals surface area contributed by atoms with Crippen molar-refractivity contribution in [2.75, 3.05) is 30.4 Å². The molecule has 0 saturated carbocycles. The van der Waals surface area contributed by atoms with Crippen LogP contribution in [0.15, 0.2) is 48.5 Å². The lowest BCUT2D eigenvalue weighted by Crippen LogP contribution is -2.30. The van der Waals surface area contributed by atoms with E-state index < -0.39 is 0 Å². The standard InChI is InChI=1S/C20H24ClN3O2/c1-14(2)12-22-20(26)17-10-9-15(11-18(17)21)23-19(25)13-24(3)16-7-5-4-6-8-16/h4-11,14H,12-13H2,1-3H3,(H,22,26)(H,23,25). The van der Waals surface area contributed by atoms with Gasteiger partial charge in [0, 0.05) is 25.0 Å². The molecule has 26 heavy (non-hydrogen) atoms. The van der Waals surface area contributed by atoms with E-state index in [9.17, 15) is 9.59 Å². The Bertz CT molecular complexity index is 763. The molecule has 0 spiro atoms. The summed E-state index contributed by atoms with van der Waals surface area (Å²) in [5, 5.41) is 5.94. The van der Waals surface area contributed by atoms with Gasteiger partial charge in [0.2, 0.25) is 5.91 Å². The Kier molecular flexibility index (Phi) is 7.04. The number of carbonyl (C=O) groups is 2. The summed E-state index contributed by atoms with van der Waals surface area (Å²) in [6.45, 7) is 4.83. The quantitative estimate of drug-likeness (QED) is 0.776. The lowest BCUT2D eigenvalue weighted by Gasteiger charge is -2.18. The number of hydrogen-bond acceptors (Lipinski definition) is 3. The van der Waals surface area contributed by atoms with Crippen LogP contribution in [0, 0.1) is 5.92 Å². The lowest BCUT2D eigenvalue weighted by atomic mass is 10.1. The second-order valence-corrected chi connectivity index (χ2v) is 6.95. The van der Waals surface area contributed by atoms with Gasteiger partial charge in [-0.1, -0.05) is 43.6 Å². The molecule has 0 aliphatic carbocycles. The summed E-state index contributed by atoms with van der Waals surface area (Å²) in [6.07, 6.45) is 0. The van der Waals surface area contributed by atoms with E-state index in [1.807, 2.05) is 56.1 Å².